The van der Waals surface area contributed by atoms with E-state index in [4.69, 9.17) is 0 Å². The van der Waals surface area contributed by atoms with Crippen LogP contribution in [0.3, 0.4) is 0 Å². The Hall–Kier alpha value is -2.01. The fourth-order valence-corrected chi connectivity index (χ4v) is 2.74. The van der Waals surface area contributed by atoms with Crippen molar-refractivity contribution in [3.63, 3.8) is 0 Å². The van der Waals surface area contributed by atoms with Gasteiger partial charge in [0.25, 0.3) is 0 Å². The second kappa shape index (κ2) is 4.83. The molecule has 0 radical (unpaired) electrons. The molecule has 3 rings (SSSR count). The number of aromatic amines is 1. The smallest absolute Gasteiger partial charge is 0.195 e. The summed E-state index contributed by atoms with van der Waals surface area (Å²) >= 11 is 3.38. The lowest BCUT2D eigenvalue weighted by molar-refractivity contribution is 0.103. The third kappa shape index (κ3) is 2.14. The molecule has 0 aliphatic heterocycles. The van der Waals surface area contributed by atoms with Crippen molar-refractivity contribution in [1.82, 2.24) is 4.98 Å². The number of aromatic nitrogens is 1. The topological polar surface area (TPSA) is 32.9 Å². The molecule has 5 heteroatoms. The van der Waals surface area contributed by atoms with E-state index >= 15 is 0 Å². The van der Waals surface area contributed by atoms with E-state index in [-0.39, 0.29) is 5.56 Å². The average Bonchev–Trinajstić information content (AvgIpc) is 2.82. The van der Waals surface area contributed by atoms with Gasteiger partial charge in [-0.3, -0.25) is 4.79 Å². The highest BCUT2D eigenvalue weighted by Crippen LogP contribution is 2.28. The number of halogens is 3. The first kappa shape index (κ1) is 13.0. The van der Waals surface area contributed by atoms with Gasteiger partial charge < -0.3 is 4.98 Å². The molecule has 0 aliphatic rings. The van der Waals surface area contributed by atoms with E-state index in [0.717, 1.165) is 28.2 Å². The monoisotopic (exact) mass is 335 g/mol. The first-order chi connectivity index (χ1) is 9.56. The summed E-state index contributed by atoms with van der Waals surface area (Å²) in [5.74, 6) is -1.97. The number of fused-ring (bicyclic) bond motifs is 1. The molecular formula is C15H8BrF2NO. The number of carbonyl (C=O) groups is 1. The molecule has 1 N–H and O–H groups in total. The molecule has 1 aromatic heterocycles. The van der Waals surface area contributed by atoms with Gasteiger partial charge in [-0.15, -0.1) is 0 Å². The third-order valence-corrected chi connectivity index (χ3v) is 3.69. The minimum absolute atomic E-state index is 0.0147. The van der Waals surface area contributed by atoms with E-state index in [1.807, 2.05) is 12.1 Å². The van der Waals surface area contributed by atoms with Crippen molar-refractivity contribution in [3.8, 4) is 0 Å². The molecule has 0 saturated heterocycles. The van der Waals surface area contributed by atoms with Crippen molar-refractivity contribution >= 4 is 32.6 Å². The van der Waals surface area contributed by atoms with Crippen LogP contribution >= 0.6 is 15.9 Å². The minimum atomic E-state index is -0.771. The Labute approximate surface area is 121 Å². The standard InChI is InChI=1S/C15H8BrF2NO/c16-12-2-1-3-13-14(12)11(7-19-13)15(20)8-4-9(17)6-10(18)5-8/h1-7,19H. The molecule has 0 bridgehead atoms. The zero-order valence-corrected chi connectivity index (χ0v) is 11.7. The molecule has 0 fully saturated rings. The van der Waals surface area contributed by atoms with Crippen molar-refractivity contribution in [1.29, 1.82) is 0 Å². The number of H-pyrrole nitrogens is 1. The maximum absolute atomic E-state index is 13.2. The predicted octanol–water partition coefficient (Wildman–Crippen LogP) is 4.44. The van der Waals surface area contributed by atoms with Gasteiger partial charge in [0.2, 0.25) is 0 Å². The molecule has 100 valence electrons. The molecular weight excluding hydrogens is 328 g/mol. The first-order valence-electron chi connectivity index (χ1n) is 5.82. The van der Waals surface area contributed by atoms with Gasteiger partial charge in [0.1, 0.15) is 11.6 Å². The molecule has 1 heterocycles. The number of benzene rings is 2. The van der Waals surface area contributed by atoms with Crippen LogP contribution < -0.4 is 0 Å². The largest absolute Gasteiger partial charge is 0.360 e. The number of hydrogen-bond donors (Lipinski definition) is 1. The Bertz CT molecular complexity index is 806. The highest BCUT2D eigenvalue weighted by molar-refractivity contribution is 9.10. The lowest BCUT2D eigenvalue weighted by Crippen LogP contribution is -2.02. The average molecular weight is 336 g/mol. The van der Waals surface area contributed by atoms with Crippen molar-refractivity contribution in [2.45, 2.75) is 0 Å². The SMILES string of the molecule is O=C(c1cc(F)cc(F)c1)c1c[nH]c2cccc(Br)c12. The number of hydrogen-bond acceptors (Lipinski definition) is 1. The summed E-state index contributed by atoms with van der Waals surface area (Å²) in [5, 5.41) is 0.696. The van der Waals surface area contributed by atoms with Crippen molar-refractivity contribution in [2.24, 2.45) is 0 Å². The predicted molar refractivity (Wildman–Crippen MR) is 75.8 cm³/mol. The summed E-state index contributed by atoms with van der Waals surface area (Å²) in [7, 11) is 0. The van der Waals surface area contributed by atoms with Gasteiger partial charge in [-0.05, 0) is 24.3 Å². The van der Waals surface area contributed by atoms with E-state index in [9.17, 15) is 13.6 Å². The van der Waals surface area contributed by atoms with Crippen LogP contribution in [0.15, 0.2) is 47.1 Å². The van der Waals surface area contributed by atoms with Crippen molar-refractivity contribution in [2.75, 3.05) is 0 Å². The maximum atomic E-state index is 13.2. The Morgan fingerprint density at radius 1 is 1.10 bits per heavy atom. The van der Waals surface area contributed by atoms with Gasteiger partial charge in [0.05, 0.1) is 0 Å². The molecule has 0 amide bonds. The van der Waals surface area contributed by atoms with Gasteiger partial charge in [-0.25, -0.2) is 8.78 Å². The van der Waals surface area contributed by atoms with Crippen LogP contribution in [-0.2, 0) is 0 Å². The molecule has 0 unspecified atom stereocenters. The van der Waals surface area contributed by atoms with E-state index in [0.29, 0.717) is 10.9 Å². The second-order valence-corrected chi connectivity index (χ2v) is 5.21. The van der Waals surface area contributed by atoms with Crippen LogP contribution in [0, 0.1) is 11.6 Å². The summed E-state index contributed by atoms with van der Waals surface area (Å²) in [5.41, 5.74) is 1.14. The summed E-state index contributed by atoms with van der Waals surface area (Å²) in [4.78, 5) is 15.4. The molecule has 2 aromatic carbocycles. The van der Waals surface area contributed by atoms with E-state index in [1.165, 1.54) is 0 Å². The van der Waals surface area contributed by atoms with Crippen LogP contribution in [-0.4, -0.2) is 10.8 Å². The number of carbonyl (C=O) groups excluding carboxylic acids is 1. The number of rotatable bonds is 2. The van der Waals surface area contributed by atoms with Gasteiger partial charge in [0.15, 0.2) is 5.78 Å². The quantitative estimate of drug-likeness (QED) is 0.690. The molecule has 0 aliphatic carbocycles. The highest BCUT2D eigenvalue weighted by atomic mass is 79.9. The number of nitrogens with one attached hydrogen (secondary N) is 1. The second-order valence-electron chi connectivity index (χ2n) is 4.35. The Morgan fingerprint density at radius 2 is 1.80 bits per heavy atom. The number of ketones is 1. The van der Waals surface area contributed by atoms with Crippen LogP contribution in [0.4, 0.5) is 8.78 Å². The van der Waals surface area contributed by atoms with Gasteiger partial charge in [0, 0.05) is 38.8 Å². The zero-order valence-electron chi connectivity index (χ0n) is 10.1. The van der Waals surface area contributed by atoms with E-state index in [1.54, 1.807) is 12.3 Å². The first-order valence-corrected chi connectivity index (χ1v) is 6.62. The molecule has 0 atom stereocenters. The van der Waals surface area contributed by atoms with Crippen LogP contribution in [0.25, 0.3) is 10.9 Å². The molecule has 0 spiro atoms. The fraction of sp³-hybridized carbons (Fsp3) is 0. The minimum Gasteiger partial charge on any atom is -0.360 e. The highest BCUT2D eigenvalue weighted by Gasteiger charge is 2.17. The Balaban J connectivity index is 2.18. The molecule has 3 aromatic rings. The Kier molecular flexibility index (Phi) is 3.14. The van der Waals surface area contributed by atoms with E-state index in [2.05, 4.69) is 20.9 Å². The van der Waals surface area contributed by atoms with Crippen molar-refractivity contribution in [3.05, 3.63) is 69.8 Å². The molecule has 20 heavy (non-hydrogen) atoms. The van der Waals surface area contributed by atoms with E-state index < -0.39 is 17.4 Å². The zero-order chi connectivity index (χ0) is 14.3. The van der Waals surface area contributed by atoms with Gasteiger partial charge >= 0.3 is 0 Å². The summed E-state index contributed by atoms with van der Waals surface area (Å²) in [6.45, 7) is 0. The third-order valence-electron chi connectivity index (χ3n) is 3.02. The summed E-state index contributed by atoms with van der Waals surface area (Å²) in [6, 6.07) is 8.26. The molecule has 0 saturated carbocycles. The normalized spacial score (nSPS) is 10.9. The van der Waals surface area contributed by atoms with Gasteiger partial charge in [-0.2, -0.15) is 0 Å². The van der Waals surface area contributed by atoms with Crippen LogP contribution in [0.1, 0.15) is 15.9 Å². The van der Waals surface area contributed by atoms with Crippen LogP contribution in [0.2, 0.25) is 0 Å². The maximum Gasteiger partial charge on any atom is 0.195 e. The Morgan fingerprint density at radius 3 is 2.50 bits per heavy atom. The van der Waals surface area contributed by atoms with Crippen LogP contribution in [0.5, 0.6) is 0 Å². The summed E-state index contributed by atoms with van der Waals surface area (Å²) in [6.07, 6.45) is 1.54. The summed E-state index contributed by atoms with van der Waals surface area (Å²) < 4.78 is 27.2. The lowest BCUT2D eigenvalue weighted by atomic mass is 10.0. The fourth-order valence-electron chi connectivity index (χ4n) is 2.16. The molecule has 2 nitrogen and oxygen atoms in total. The lowest BCUT2D eigenvalue weighted by Gasteiger charge is -2.02. The van der Waals surface area contributed by atoms with Gasteiger partial charge in [-0.1, -0.05) is 22.0 Å². The van der Waals surface area contributed by atoms with Crippen molar-refractivity contribution < 1.29 is 13.6 Å².